The molecule has 2 heteroatoms. The van der Waals surface area contributed by atoms with Gasteiger partial charge in [-0.05, 0) is 44.0 Å². The second-order valence-electron chi connectivity index (χ2n) is 5.06. The van der Waals surface area contributed by atoms with Crippen LogP contribution in [0.5, 0.6) is 0 Å². The summed E-state index contributed by atoms with van der Waals surface area (Å²) in [5, 5.41) is 0. The summed E-state index contributed by atoms with van der Waals surface area (Å²) in [7, 11) is 0. The van der Waals surface area contributed by atoms with E-state index in [4.69, 9.17) is 4.74 Å². The number of carbonyl (C=O) groups is 1. The van der Waals surface area contributed by atoms with Gasteiger partial charge in [0, 0.05) is 0 Å². The van der Waals surface area contributed by atoms with Crippen LogP contribution in [0.1, 0.15) is 31.1 Å². The summed E-state index contributed by atoms with van der Waals surface area (Å²) in [5.41, 5.74) is 2.37. The van der Waals surface area contributed by atoms with Crippen molar-refractivity contribution in [3.8, 4) is 11.1 Å². The first kappa shape index (κ1) is 11.6. The molecule has 2 aliphatic rings. The zero-order chi connectivity index (χ0) is 12.5. The average Bonchev–Trinajstić information content (AvgIpc) is 2.54. The van der Waals surface area contributed by atoms with Gasteiger partial charge in [-0.2, -0.15) is 0 Å². The summed E-state index contributed by atoms with van der Waals surface area (Å²) in [6, 6.07) is 13.5. The molecule has 0 fully saturated rings. The topological polar surface area (TPSA) is 26.3 Å². The Morgan fingerprint density at radius 1 is 0.941 bits per heavy atom. The number of fused-ring (bicyclic) bond motifs is 1. The van der Waals surface area contributed by atoms with Crippen LogP contribution in [0.15, 0.2) is 42.5 Å². The Morgan fingerprint density at radius 3 is 1.94 bits per heavy atom. The Bertz CT molecular complexity index is 478. The highest BCUT2D eigenvalue weighted by Gasteiger charge is 2.17. The van der Waals surface area contributed by atoms with Crippen molar-refractivity contribution in [3.63, 3.8) is 0 Å². The molecule has 2 rings (SSSR count). The van der Waals surface area contributed by atoms with E-state index in [2.05, 4.69) is 0 Å². The third-order valence-electron chi connectivity index (χ3n) is 2.40. The number of carbonyl (C=O) groups excluding carboxylic acids is 1. The second-order valence-corrected chi connectivity index (χ2v) is 5.06. The SMILES string of the molecule is CC(C)(C)OC(=O)c1ccc2cccc-2cc1. The highest BCUT2D eigenvalue weighted by molar-refractivity contribution is 5.90. The zero-order valence-corrected chi connectivity index (χ0v) is 10.4. The summed E-state index contributed by atoms with van der Waals surface area (Å²) >= 11 is 0. The second kappa shape index (κ2) is 4.21. The first-order valence-electron chi connectivity index (χ1n) is 5.68. The van der Waals surface area contributed by atoms with E-state index in [0.717, 1.165) is 11.1 Å². The van der Waals surface area contributed by atoms with Gasteiger partial charge in [0.1, 0.15) is 5.60 Å². The zero-order valence-electron chi connectivity index (χ0n) is 10.4. The van der Waals surface area contributed by atoms with Gasteiger partial charge in [-0.25, -0.2) is 4.79 Å². The molecule has 0 N–H and O–H groups in total. The van der Waals surface area contributed by atoms with Gasteiger partial charge >= 0.3 is 5.97 Å². The monoisotopic (exact) mass is 228 g/mol. The van der Waals surface area contributed by atoms with Crippen LogP contribution in [0.4, 0.5) is 0 Å². The smallest absolute Gasteiger partial charge is 0.338 e. The van der Waals surface area contributed by atoms with Crippen LogP contribution in [0, 0.1) is 0 Å². The molecule has 0 radical (unpaired) electrons. The minimum atomic E-state index is -0.458. The van der Waals surface area contributed by atoms with Crippen molar-refractivity contribution in [2.24, 2.45) is 0 Å². The quantitative estimate of drug-likeness (QED) is 0.695. The minimum absolute atomic E-state index is 0.282. The highest BCUT2D eigenvalue weighted by Crippen LogP contribution is 2.22. The van der Waals surface area contributed by atoms with E-state index in [0.29, 0.717) is 5.56 Å². The fraction of sp³-hybridized carbons (Fsp3) is 0.267. The van der Waals surface area contributed by atoms with Crippen LogP contribution < -0.4 is 0 Å². The molecule has 2 aliphatic carbocycles. The Morgan fingerprint density at radius 2 is 1.47 bits per heavy atom. The molecule has 0 aromatic carbocycles. The Labute approximate surface area is 102 Å². The molecule has 0 aromatic rings. The van der Waals surface area contributed by atoms with Gasteiger partial charge in [-0.15, -0.1) is 0 Å². The van der Waals surface area contributed by atoms with Crippen LogP contribution in [0.2, 0.25) is 0 Å². The summed E-state index contributed by atoms with van der Waals surface area (Å²) in [6.07, 6.45) is 0. The van der Waals surface area contributed by atoms with Gasteiger partial charge in [0.2, 0.25) is 0 Å². The van der Waals surface area contributed by atoms with Crippen molar-refractivity contribution < 1.29 is 9.53 Å². The van der Waals surface area contributed by atoms with E-state index in [-0.39, 0.29) is 5.97 Å². The van der Waals surface area contributed by atoms with Gasteiger partial charge in [0.15, 0.2) is 0 Å². The Hall–Kier alpha value is -1.83. The normalized spacial score (nSPS) is 11.5. The molecule has 0 spiro atoms. The number of rotatable bonds is 1. The van der Waals surface area contributed by atoms with Gasteiger partial charge in [0.25, 0.3) is 0 Å². The molecule has 2 nitrogen and oxygen atoms in total. The van der Waals surface area contributed by atoms with Crippen LogP contribution in [-0.2, 0) is 4.74 Å². The van der Waals surface area contributed by atoms with Crippen molar-refractivity contribution >= 4 is 5.97 Å². The molecule has 88 valence electrons. The van der Waals surface area contributed by atoms with Crippen LogP contribution >= 0.6 is 0 Å². The molecular formula is C15H16O2. The standard InChI is InChI=1S/C15H16O2/c1-15(2,3)17-14(16)13-9-7-11-5-4-6-12(11)8-10-13/h4-10H,1-3H3. The van der Waals surface area contributed by atoms with E-state index in [9.17, 15) is 4.79 Å². The molecule has 17 heavy (non-hydrogen) atoms. The fourth-order valence-corrected chi connectivity index (χ4v) is 1.64. The number of hydrogen-bond acceptors (Lipinski definition) is 2. The first-order valence-corrected chi connectivity index (χ1v) is 5.68. The van der Waals surface area contributed by atoms with Crippen molar-refractivity contribution in [2.45, 2.75) is 26.4 Å². The van der Waals surface area contributed by atoms with Crippen molar-refractivity contribution in [1.82, 2.24) is 0 Å². The lowest BCUT2D eigenvalue weighted by atomic mass is 10.2. The largest absolute Gasteiger partial charge is 0.456 e. The number of hydrogen-bond donors (Lipinski definition) is 0. The molecule has 0 unspecified atom stereocenters. The van der Waals surface area contributed by atoms with E-state index < -0.39 is 5.60 Å². The molecule has 0 bridgehead atoms. The highest BCUT2D eigenvalue weighted by atomic mass is 16.6. The average molecular weight is 228 g/mol. The maximum atomic E-state index is 11.9. The lowest BCUT2D eigenvalue weighted by molar-refractivity contribution is 0.00697. The maximum Gasteiger partial charge on any atom is 0.338 e. The molecule has 0 saturated carbocycles. The molecule has 0 saturated heterocycles. The molecule has 0 aliphatic heterocycles. The van der Waals surface area contributed by atoms with Gasteiger partial charge in [-0.1, -0.05) is 30.3 Å². The molecule has 0 heterocycles. The van der Waals surface area contributed by atoms with Crippen molar-refractivity contribution in [1.29, 1.82) is 0 Å². The Kier molecular flexibility index (Phi) is 2.88. The van der Waals surface area contributed by atoms with E-state index in [1.54, 1.807) is 12.1 Å². The molecule has 0 aromatic heterocycles. The maximum absolute atomic E-state index is 11.9. The van der Waals surface area contributed by atoms with Crippen molar-refractivity contribution in [2.75, 3.05) is 0 Å². The Balaban J connectivity index is 2.30. The molecular weight excluding hydrogens is 212 g/mol. The third-order valence-corrected chi connectivity index (χ3v) is 2.40. The summed E-state index contributed by atoms with van der Waals surface area (Å²) in [4.78, 5) is 11.9. The summed E-state index contributed by atoms with van der Waals surface area (Å²) < 4.78 is 5.33. The lowest BCUT2D eigenvalue weighted by Gasteiger charge is -2.19. The van der Waals surface area contributed by atoms with E-state index >= 15 is 0 Å². The first-order chi connectivity index (χ1) is 7.96. The minimum Gasteiger partial charge on any atom is -0.456 e. The third kappa shape index (κ3) is 2.84. The predicted octanol–water partition coefficient (Wildman–Crippen LogP) is 3.75. The lowest BCUT2D eigenvalue weighted by Crippen LogP contribution is -2.23. The summed E-state index contributed by atoms with van der Waals surface area (Å²) in [6.45, 7) is 5.60. The number of esters is 1. The van der Waals surface area contributed by atoms with Crippen molar-refractivity contribution in [3.05, 3.63) is 48.0 Å². The van der Waals surface area contributed by atoms with Gasteiger partial charge in [0.05, 0.1) is 5.56 Å². The van der Waals surface area contributed by atoms with Crippen LogP contribution in [-0.4, -0.2) is 11.6 Å². The van der Waals surface area contributed by atoms with Gasteiger partial charge < -0.3 is 4.74 Å². The van der Waals surface area contributed by atoms with Crippen LogP contribution in [0.3, 0.4) is 0 Å². The molecule has 0 amide bonds. The fourth-order valence-electron chi connectivity index (χ4n) is 1.64. The van der Waals surface area contributed by atoms with E-state index in [1.165, 1.54) is 0 Å². The van der Waals surface area contributed by atoms with Crippen LogP contribution in [0.25, 0.3) is 11.1 Å². The predicted molar refractivity (Wildman–Crippen MR) is 68.2 cm³/mol. The van der Waals surface area contributed by atoms with Gasteiger partial charge in [-0.3, -0.25) is 0 Å². The number of ether oxygens (including phenoxy) is 1. The summed E-state index contributed by atoms with van der Waals surface area (Å²) in [5.74, 6) is -0.282. The molecule has 0 atom stereocenters. The van der Waals surface area contributed by atoms with E-state index in [1.807, 2.05) is 51.1 Å².